The lowest BCUT2D eigenvalue weighted by Crippen LogP contribution is -2.02. The van der Waals surface area contributed by atoms with Gasteiger partial charge in [0.2, 0.25) is 5.88 Å². The van der Waals surface area contributed by atoms with Gasteiger partial charge in [-0.2, -0.15) is 0 Å². The van der Waals surface area contributed by atoms with E-state index in [1.54, 1.807) is 36.0 Å². The quantitative estimate of drug-likeness (QED) is 0.788. The summed E-state index contributed by atoms with van der Waals surface area (Å²) >= 11 is 3.35. The molecular formula is C14H10BrN3O3. The lowest BCUT2D eigenvalue weighted by atomic mass is 10.1. The molecule has 0 aliphatic heterocycles. The molecule has 3 rings (SSSR count). The molecule has 7 heteroatoms. The van der Waals surface area contributed by atoms with Crippen molar-refractivity contribution in [1.29, 1.82) is 0 Å². The molecule has 0 unspecified atom stereocenters. The third-order valence-corrected chi connectivity index (χ3v) is 3.66. The predicted octanol–water partition coefficient (Wildman–Crippen LogP) is 2.87. The molecule has 0 radical (unpaired) electrons. The number of carboxylic acid groups (broad SMARTS) is 1. The third kappa shape index (κ3) is 2.36. The molecule has 106 valence electrons. The van der Waals surface area contributed by atoms with E-state index >= 15 is 0 Å². The maximum atomic E-state index is 11.4. The first-order valence-corrected chi connectivity index (χ1v) is 6.80. The van der Waals surface area contributed by atoms with E-state index in [0.717, 1.165) is 11.1 Å². The second kappa shape index (κ2) is 5.17. The van der Waals surface area contributed by atoms with Gasteiger partial charge in [-0.3, -0.25) is 4.40 Å². The number of fused-ring (bicyclic) bond motifs is 1. The van der Waals surface area contributed by atoms with Crippen molar-refractivity contribution in [1.82, 2.24) is 14.4 Å². The second-order valence-corrected chi connectivity index (χ2v) is 5.12. The largest absolute Gasteiger partial charge is 0.481 e. The number of carbonyl (C=O) groups is 1. The molecule has 0 aliphatic rings. The van der Waals surface area contributed by atoms with Crippen LogP contribution in [0.4, 0.5) is 0 Å². The summed E-state index contributed by atoms with van der Waals surface area (Å²) in [6, 6.07) is 5.13. The zero-order chi connectivity index (χ0) is 15.0. The Hall–Kier alpha value is -2.41. The van der Waals surface area contributed by atoms with E-state index < -0.39 is 5.97 Å². The fourth-order valence-corrected chi connectivity index (χ4v) is 2.42. The number of nitrogens with zero attached hydrogens (tertiary/aromatic N) is 3. The smallest absolute Gasteiger partial charge is 0.339 e. The van der Waals surface area contributed by atoms with E-state index in [1.165, 1.54) is 0 Å². The molecule has 0 atom stereocenters. The zero-order valence-corrected chi connectivity index (χ0v) is 12.5. The van der Waals surface area contributed by atoms with Gasteiger partial charge in [-0.05, 0) is 28.1 Å². The molecule has 0 bridgehead atoms. The molecule has 0 fully saturated rings. The van der Waals surface area contributed by atoms with Crippen LogP contribution in [0.1, 0.15) is 10.4 Å². The van der Waals surface area contributed by atoms with Crippen molar-refractivity contribution < 1.29 is 14.6 Å². The highest BCUT2D eigenvalue weighted by molar-refractivity contribution is 9.10. The SMILES string of the molecule is COc1ccc(-c2cc(C(=O)O)c3ncc(Br)n3c2)cn1. The number of aromatic nitrogens is 3. The number of methoxy groups -OCH3 is 1. The van der Waals surface area contributed by atoms with Gasteiger partial charge in [0.05, 0.1) is 13.3 Å². The average Bonchev–Trinajstić information content (AvgIpc) is 2.88. The number of imidazole rings is 1. The molecule has 3 heterocycles. The number of hydrogen-bond donors (Lipinski definition) is 1. The first-order chi connectivity index (χ1) is 10.1. The number of hydrogen-bond acceptors (Lipinski definition) is 4. The van der Waals surface area contributed by atoms with Crippen LogP contribution in [0.3, 0.4) is 0 Å². The Kier molecular flexibility index (Phi) is 3.34. The Bertz CT molecular complexity index is 827. The number of rotatable bonds is 3. The molecular weight excluding hydrogens is 338 g/mol. The Morgan fingerprint density at radius 1 is 1.29 bits per heavy atom. The summed E-state index contributed by atoms with van der Waals surface area (Å²) in [5.41, 5.74) is 2.04. The van der Waals surface area contributed by atoms with Gasteiger partial charge in [0.1, 0.15) is 10.2 Å². The van der Waals surface area contributed by atoms with Crippen molar-refractivity contribution in [2.45, 2.75) is 0 Å². The maximum Gasteiger partial charge on any atom is 0.339 e. The van der Waals surface area contributed by atoms with Crippen LogP contribution in [0.5, 0.6) is 5.88 Å². The van der Waals surface area contributed by atoms with E-state index in [1.807, 2.05) is 12.3 Å². The fourth-order valence-electron chi connectivity index (χ4n) is 2.05. The van der Waals surface area contributed by atoms with Crippen molar-refractivity contribution in [2.24, 2.45) is 0 Å². The molecule has 6 nitrogen and oxygen atoms in total. The summed E-state index contributed by atoms with van der Waals surface area (Å²) < 4.78 is 7.38. The van der Waals surface area contributed by atoms with Gasteiger partial charge >= 0.3 is 5.97 Å². The van der Waals surface area contributed by atoms with Crippen LogP contribution in [-0.2, 0) is 0 Å². The molecule has 0 amide bonds. The Labute approximate surface area is 128 Å². The van der Waals surface area contributed by atoms with Gasteiger partial charge in [0.15, 0.2) is 5.65 Å². The van der Waals surface area contributed by atoms with Gasteiger partial charge in [0.25, 0.3) is 0 Å². The summed E-state index contributed by atoms with van der Waals surface area (Å²) in [5, 5.41) is 9.34. The van der Waals surface area contributed by atoms with E-state index in [9.17, 15) is 9.90 Å². The Balaban J connectivity index is 2.22. The van der Waals surface area contributed by atoms with Crippen LogP contribution in [-0.4, -0.2) is 32.6 Å². The number of ether oxygens (including phenoxy) is 1. The van der Waals surface area contributed by atoms with Crippen molar-refractivity contribution in [3.8, 4) is 17.0 Å². The van der Waals surface area contributed by atoms with Crippen LogP contribution in [0.25, 0.3) is 16.8 Å². The summed E-state index contributed by atoms with van der Waals surface area (Å²) in [6.45, 7) is 0. The Morgan fingerprint density at radius 2 is 2.10 bits per heavy atom. The van der Waals surface area contributed by atoms with Gasteiger partial charge in [-0.15, -0.1) is 0 Å². The highest BCUT2D eigenvalue weighted by Gasteiger charge is 2.15. The molecule has 21 heavy (non-hydrogen) atoms. The topological polar surface area (TPSA) is 76.7 Å². The monoisotopic (exact) mass is 347 g/mol. The summed E-state index contributed by atoms with van der Waals surface area (Å²) in [5.74, 6) is -0.525. The van der Waals surface area contributed by atoms with Gasteiger partial charge in [-0.25, -0.2) is 14.8 Å². The fraction of sp³-hybridized carbons (Fsp3) is 0.0714. The maximum absolute atomic E-state index is 11.4. The summed E-state index contributed by atoms with van der Waals surface area (Å²) in [7, 11) is 1.54. The standard InChI is InChI=1S/C14H10BrN3O3/c1-21-12-3-2-8(5-16-12)9-4-10(14(19)20)13-17-6-11(15)18(13)7-9/h2-7H,1H3,(H,19,20). The lowest BCUT2D eigenvalue weighted by Gasteiger charge is -2.07. The minimum atomic E-state index is -1.03. The van der Waals surface area contributed by atoms with Crippen LogP contribution in [0, 0.1) is 0 Å². The van der Waals surface area contributed by atoms with Crippen LogP contribution in [0.2, 0.25) is 0 Å². The van der Waals surface area contributed by atoms with E-state index in [0.29, 0.717) is 16.1 Å². The summed E-state index contributed by atoms with van der Waals surface area (Å²) in [6.07, 6.45) is 5.01. The molecule has 0 spiro atoms. The minimum absolute atomic E-state index is 0.133. The molecule has 3 aromatic heterocycles. The second-order valence-electron chi connectivity index (χ2n) is 4.31. The number of pyridine rings is 2. The normalized spacial score (nSPS) is 10.8. The highest BCUT2D eigenvalue weighted by atomic mass is 79.9. The van der Waals surface area contributed by atoms with E-state index in [2.05, 4.69) is 25.9 Å². The summed E-state index contributed by atoms with van der Waals surface area (Å²) in [4.78, 5) is 19.6. The first-order valence-electron chi connectivity index (χ1n) is 6.00. The number of halogens is 1. The van der Waals surface area contributed by atoms with Crippen molar-refractivity contribution in [3.05, 3.63) is 47.0 Å². The number of aromatic carboxylic acids is 1. The van der Waals surface area contributed by atoms with Gasteiger partial charge in [-0.1, -0.05) is 0 Å². The zero-order valence-electron chi connectivity index (χ0n) is 10.9. The minimum Gasteiger partial charge on any atom is -0.481 e. The third-order valence-electron chi connectivity index (χ3n) is 3.07. The van der Waals surface area contributed by atoms with Crippen LogP contribution >= 0.6 is 15.9 Å². The highest BCUT2D eigenvalue weighted by Crippen LogP contribution is 2.25. The van der Waals surface area contributed by atoms with Crippen molar-refractivity contribution in [2.75, 3.05) is 7.11 Å². The molecule has 0 aromatic carbocycles. The van der Waals surface area contributed by atoms with E-state index in [4.69, 9.17) is 4.74 Å². The number of carboxylic acids is 1. The van der Waals surface area contributed by atoms with Crippen LogP contribution in [0.15, 0.2) is 41.4 Å². The first kappa shape index (κ1) is 13.6. The van der Waals surface area contributed by atoms with Gasteiger partial charge in [0, 0.05) is 29.6 Å². The van der Waals surface area contributed by atoms with E-state index in [-0.39, 0.29) is 5.56 Å². The predicted molar refractivity (Wildman–Crippen MR) is 79.6 cm³/mol. The van der Waals surface area contributed by atoms with Crippen molar-refractivity contribution in [3.63, 3.8) is 0 Å². The lowest BCUT2D eigenvalue weighted by molar-refractivity contribution is 0.0698. The van der Waals surface area contributed by atoms with Gasteiger partial charge < -0.3 is 9.84 Å². The van der Waals surface area contributed by atoms with Crippen LogP contribution < -0.4 is 4.74 Å². The van der Waals surface area contributed by atoms with Crippen molar-refractivity contribution >= 4 is 27.5 Å². The average molecular weight is 348 g/mol. The Morgan fingerprint density at radius 3 is 2.71 bits per heavy atom. The molecule has 1 N–H and O–H groups in total. The molecule has 0 saturated heterocycles. The molecule has 0 aliphatic carbocycles. The molecule has 0 saturated carbocycles. The molecule has 3 aromatic rings.